The Hall–Kier alpha value is -2.41. The average Bonchev–Trinajstić information content (AvgIpc) is 3.04. The number of aromatic nitrogens is 1. The first-order chi connectivity index (χ1) is 10.7. The largest absolute Gasteiger partial charge is 0.496 e. The number of nitrogens with one attached hydrogen (secondary N) is 1. The van der Waals surface area contributed by atoms with Gasteiger partial charge < -0.3 is 15.0 Å². The van der Waals surface area contributed by atoms with Gasteiger partial charge in [-0.15, -0.1) is 11.3 Å². The molecular weight excluding hydrogens is 302 g/mol. The summed E-state index contributed by atoms with van der Waals surface area (Å²) in [7, 11) is 1.51. The van der Waals surface area contributed by atoms with Crippen molar-refractivity contribution in [3.8, 4) is 5.75 Å². The molecule has 0 spiro atoms. The lowest BCUT2D eigenvalue weighted by Gasteiger charge is -2.21. The molecule has 1 aromatic carbocycles. The summed E-state index contributed by atoms with van der Waals surface area (Å²) in [5.41, 5.74) is 0.439. The van der Waals surface area contributed by atoms with Crippen LogP contribution >= 0.6 is 11.3 Å². The minimum Gasteiger partial charge on any atom is -0.496 e. The molecule has 0 aliphatic rings. The molecule has 0 aliphatic heterocycles. The summed E-state index contributed by atoms with van der Waals surface area (Å²) in [4.78, 5) is 30.0. The van der Waals surface area contributed by atoms with Gasteiger partial charge >= 0.3 is 0 Å². The summed E-state index contributed by atoms with van der Waals surface area (Å²) >= 11 is 1.33. The van der Waals surface area contributed by atoms with Crippen molar-refractivity contribution < 1.29 is 14.3 Å². The van der Waals surface area contributed by atoms with E-state index in [-0.39, 0.29) is 18.4 Å². The first-order valence-electron chi connectivity index (χ1n) is 6.77. The number of para-hydroxylation sites is 1. The molecule has 6 nitrogen and oxygen atoms in total. The van der Waals surface area contributed by atoms with Crippen LogP contribution in [-0.4, -0.2) is 41.9 Å². The van der Waals surface area contributed by atoms with Gasteiger partial charge in [0.1, 0.15) is 12.3 Å². The molecule has 1 N–H and O–H groups in total. The second-order valence-corrected chi connectivity index (χ2v) is 5.30. The van der Waals surface area contributed by atoms with E-state index in [1.54, 1.807) is 35.8 Å². The van der Waals surface area contributed by atoms with Crippen molar-refractivity contribution in [3.05, 3.63) is 41.4 Å². The second kappa shape index (κ2) is 7.56. The summed E-state index contributed by atoms with van der Waals surface area (Å²) in [6.07, 6.45) is 1.61. The number of benzene rings is 1. The van der Waals surface area contributed by atoms with Gasteiger partial charge in [0.2, 0.25) is 5.91 Å². The van der Waals surface area contributed by atoms with E-state index < -0.39 is 0 Å². The number of carbonyl (C=O) groups excluding carboxylic acids is 2. The molecule has 0 bridgehead atoms. The summed E-state index contributed by atoms with van der Waals surface area (Å²) < 4.78 is 5.19. The van der Waals surface area contributed by atoms with E-state index in [4.69, 9.17) is 4.74 Å². The van der Waals surface area contributed by atoms with Gasteiger partial charge in [-0.1, -0.05) is 12.1 Å². The molecule has 0 aliphatic carbocycles. The third-order valence-electron chi connectivity index (χ3n) is 3.02. The van der Waals surface area contributed by atoms with Crippen LogP contribution in [0, 0.1) is 0 Å². The van der Waals surface area contributed by atoms with Gasteiger partial charge in [0, 0.05) is 18.1 Å². The number of anilines is 1. The highest BCUT2D eigenvalue weighted by Crippen LogP contribution is 2.19. The minimum atomic E-state index is -0.278. The summed E-state index contributed by atoms with van der Waals surface area (Å²) in [6, 6.07) is 6.96. The molecule has 1 aromatic heterocycles. The summed E-state index contributed by atoms with van der Waals surface area (Å²) in [5, 5.41) is 4.96. The average molecular weight is 319 g/mol. The molecule has 1 heterocycles. The summed E-state index contributed by atoms with van der Waals surface area (Å²) in [6.45, 7) is 2.21. The van der Waals surface area contributed by atoms with Gasteiger partial charge in [0.15, 0.2) is 5.13 Å². The van der Waals surface area contributed by atoms with Gasteiger partial charge in [-0.2, -0.15) is 0 Å². The first-order valence-corrected chi connectivity index (χ1v) is 7.65. The molecule has 0 saturated heterocycles. The van der Waals surface area contributed by atoms with Gasteiger partial charge in [0.05, 0.1) is 12.7 Å². The standard InChI is InChI=1S/C15H17N3O3S/c1-3-18(10-13(19)17-15-16-8-9-22-15)14(20)11-6-4-5-7-12(11)21-2/h4-9H,3,10H2,1-2H3,(H,16,17,19). The van der Waals surface area contributed by atoms with E-state index in [0.29, 0.717) is 23.0 Å². The Bertz CT molecular complexity index is 643. The quantitative estimate of drug-likeness (QED) is 0.886. The SMILES string of the molecule is CCN(CC(=O)Nc1nccs1)C(=O)c1ccccc1OC. The number of ether oxygens (including phenoxy) is 1. The van der Waals surface area contributed by atoms with E-state index in [1.165, 1.54) is 23.3 Å². The Balaban J connectivity index is 2.07. The van der Waals surface area contributed by atoms with Crippen molar-refractivity contribution in [2.45, 2.75) is 6.92 Å². The van der Waals surface area contributed by atoms with Crippen LogP contribution < -0.4 is 10.1 Å². The second-order valence-electron chi connectivity index (χ2n) is 4.41. The van der Waals surface area contributed by atoms with Crippen LogP contribution in [0.15, 0.2) is 35.8 Å². The number of rotatable bonds is 6. The minimum absolute atomic E-state index is 0.0348. The Morgan fingerprint density at radius 2 is 2.14 bits per heavy atom. The highest BCUT2D eigenvalue weighted by atomic mass is 32.1. The molecule has 7 heteroatoms. The predicted molar refractivity (Wildman–Crippen MR) is 85.3 cm³/mol. The number of carbonyl (C=O) groups is 2. The van der Waals surface area contributed by atoms with Gasteiger partial charge in [-0.25, -0.2) is 4.98 Å². The van der Waals surface area contributed by atoms with Crippen molar-refractivity contribution in [2.24, 2.45) is 0 Å². The highest BCUT2D eigenvalue weighted by molar-refractivity contribution is 7.13. The van der Waals surface area contributed by atoms with Gasteiger partial charge in [0.25, 0.3) is 5.91 Å². The fraction of sp³-hybridized carbons (Fsp3) is 0.267. The number of nitrogens with zero attached hydrogens (tertiary/aromatic N) is 2. The Morgan fingerprint density at radius 3 is 2.77 bits per heavy atom. The lowest BCUT2D eigenvalue weighted by Crippen LogP contribution is -2.38. The molecule has 0 saturated carbocycles. The maximum atomic E-state index is 12.5. The molecule has 2 amide bonds. The molecule has 0 unspecified atom stereocenters. The fourth-order valence-corrected chi connectivity index (χ4v) is 2.48. The van der Waals surface area contributed by atoms with E-state index in [1.807, 2.05) is 6.92 Å². The summed E-state index contributed by atoms with van der Waals surface area (Å²) in [5.74, 6) is -0.0273. The molecule has 22 heavy (non-hydrogen) atoms. The Kier molecular flexibility index (Phi) is 5.48. The van der Waals surface area contributed by atoms with Gasteiger partial charge in [-0.05, 0) is 19.1 Å². The maximum Gasteiger partial charge on any atom is 0.258 e. The van der Waals surface area contributed by atoms with E-state index in [2.05, 4.69) is 10.3 Å². The zero-order chi connectivity index (χ0) is 15.9. The highest BCUT2D eigenvalue weighted by Gasteiger charge is 2.20. The molecule has 2 rings (SSSR count). The molecule has 0 radical (unpaired) electrons. The normalized spacial score (nSPS) is 10.1. The molecule has 0 fully saturated rings. The van der Waals surface area contributed by atoms with E-state index in [0.717, 1.165) is 0 Å². The Labute approximate surface area is 132 Å². The van der Waals surface area contributed by atoms with Crippen LogP contribution in [0.1, 0.15) is 17.3 Å². The predicted octanol–water partition coefficient (Wildman–Crippen LogP) is 2.25. The number of likely N-dealkylation sites (N-methyl/N-ethyl adjacent to an activating group) is 1. The molecule has 2 aromatic rings. The lowest BCUT2D eigenvalue weighted by atomic mass is 10.1. The number of hydrogen-bond acceptors (Lipinski definition) is 5. The molecule has 0 atom stereocenters. The van der Waals surface area contributed by atoms with Crippen molar-refractivity contribution in [1.29, 1.82) is 0 Å². The zero-order valence-corrected chi connectivity index (χ0v) is 13.2. The van der Waals surface area contributed by atoms with Crippen LogP contribution in [-0.2, 0) is 4.79 Å². The van der Waals surface area contributed by atoms with Crippen molar-refractivity contribution in [1.82, 2.24) is 9.88 Å². The fourth-order valence-electron chi connectivity index (χ4n) is 1.94. The maximum absolute atomic E-state index is 12.5. The number of hydrogen-bond donors (Lipinski definition) is 1. The van der Waals surface area contributed by atoms with Gasteiger partial charge in [-0.3, -0.25) is 9.59 Å². The van der Waals surface area contributed by atoms with E-state index >= 15 is 0 Å². The molecular formula is C15H17N3O3S. The van der Waals surface area contributed by atoms with E-state index in [9.17, 15) is 9.59 Å². The number of amides is 2. The van der Waals surface area contributed by atoms with Crippen molar-refractivity contribution in [3.63, 3.8) is 0 Å². The molecule has 116 valence electrons. The van der Waals surface area contributed by atoms with Crippen molar-refractivity contribution >= 4 is 28.3 Å². The van der Waals surface area contributed by atoms with Crippen LogP contribution in [0.25, 0.3) is 0 Å². The number of methoxy groups -OCH3 is 1. The van der Waals surface area contributed by atoms with Crippen LogP contribution in [0.5, 0.6) is 5.75 Å². The third-order valence-corrected chi connectivity index (χ3v) is 3.71. The van der Waals surface area contributed by atoms with Crippen LogP contribution in [0.3, 0.4) is 0 Å². The van der Waals surface area contributed by atoms with Crippen LogP contribution in [0.2, 0.25) is 0 Å². The smallest absolute Gasteiger partial charge is 0.258 e. The monoisotopic (exact) mass is 319 g/mol. The van der Waals surface area contributed by atoms with Crippen LogP contribution in [0.4, 0.5) is 5.13 Å². The van der Waals surface area contributed by atoms with Crippen molar-refractivity contribution in [2.75, 3.05) is 25.5 Å². The first kappa shape index (κ1) is 16.0. The Morgan fingerprint density at radius 1 is 1.36 bits per heavy atom. The number of thiazole rings is 1. The topological polar surface area (TPSA) is 71.5 Å². The zero-order valence-electron chi connectivity index (χ0n) is 12.4. The lowest BCUT2D eigenvalue weighted by molar-refractivity contribution is -0.116. The third kappa shape index (κ3) is 3.82.